The molecule has 1 heterocycles. The minimum Gasteiger partial charge on any atom is -0.494 e. The quantitative estimate of drug-likeness (QED) is 0.152. The first-order chi connectivity index (χ1) is 20.8. The summed E-state index contributed by atoms with van der Waals surface area (Å²) in [5, 5.41) is 13.0. The molecule has 0 bridgehead atoms. The summed E-state index contributed by atoms with van der Waals surface area (Å²) in [4.78, 5) is 19.5. The molecule has 1 aliphatic heterocycles. The van der Waals surface area contributed by atoms with Crippen LogP contribution in [0.15, 0.2) is 105 Å². The summed E-state index contributed by atoms with van der Waals surface area (Å²) in [5.74, 6) is 0.726. The molecule has 6 nitrogen and oxygen atoms in total. The van der Waals surface area contributed by atoms with Crippen LogP contribution in [0.5, 0.6) is 5.75 Å². The summed E-state index contributed by atoms with van der Waals surface area (Å²) >= 11 is 19.5. The molecule has 2 atom stereocenters. The van der Waals surface area contributed by atoms with Gasteiger partial charge in [-0.2, -0.15) is 0 Å². The van der Waals surface area contributed by atoms with Crippen molar-refractivity contribution < 1.29 is 19.4 Å². The van der Waals surface area contributed by atoms with E-state index in [4.69, 9.17) is 42.8 Å². The van der Waals surface area contributed by atoms with Crippen LogP contribution in [0.3, 0.4) is 0 Å². The first-order valence-corrected chi connectivity index (χ1v) is 15.9. The molecule has 0 saturated heterocycles. The van der Waals surface area contributed by atoms with Crippen LogP contribution in [-0.4, -0.2) is 35.7 Å². The molecule has 43 heavy (non-hydrogen) atoms. The van der Waals surface area contributed by atoms with Gasteiger partial charge in [-0.25, -0.2) is 4.99 Å². The van der Waals surface area contributed by atoms with Crippen molar-refractivity contribution >= 4 is 66.9 Å². The van der Waals surface area contributed by atoms with Gasteiger partial charge in [0.25, 0.3) is 5.91 Å². The second kappa shape index (κ2) is 14.3. The van der Waals surface area contributed by atoms with Gasteiger partial charge in [-0.05, 0) is 65.7 Å². The van der Waals surface area contributed by atoms with E-state index in [0.29, 0.717) is 40.3 Å². The third kappa shape index (κ3) is 7.44. The van der Waals surface area contributed by atoms with Gasteiger partial charge in [-0.3, -0.25) is 4.79 Å². The zero-order chi connectivity index (χ0) is 30.4. The Bertz CT molecular complexity index is 1620. The Kier molecular flexibility index (Phi) is 10.5. The number of ether oxygens (including phenoxy) is 2. The van der Waals surface area contributed by atoms with Gasteiger partial charge in [0.2, 0.25) is 5.90 Å². The van der Waals surface area contributed by atoms with E-state index in [1.165, 1.54) is 0 Å². The van der Waals surface area contributed by atoms with E-state index in [1.807, 2.05) is 78.9 Å². The summed E-state index contributed by atoms with van der Waals surface area (Å²) in [7, 11) is 0. The Morgan fingerprint density at radius 3 is 2.37 bits per heavy atom. The highest BCUT2D eigenvalue weighted by Gasteiger charge is 2.53. The Labute approximate surface area is 277 Å². The van der Waals surface area contributed by atoms with Crippen molar-refractivity contribution in [2.75, 3.05) is 13.2 Å². The molecule has 0 spiro atoms. The fourth-order valence-corrected chi connectivity index (χ4v) is 5.92. The number of hydrogen-bond donors (Lipinski definition) is 2. The van der Waals surface area contributed by atoms with Gasteiger partial charge < -0.3 is 19.9 Å². The maximum atomic E-state index is 14.4. The van der Waals surface area contributed by atoms with Crippen LogP contribution in [0, 0.1) is 0 Å². The van der Waals surface area contributed by atoms with Crippen LogP contribution in [0.2, 0.25) is 10.0 Å². The smallest absolute Gasteiger partial charge is 0.252 e. The van der Waals surface area contributed by atoms with Gasteiger partial charge in [0.1, 0.15) is 5.75 Å². The summed E-state index contributed by atoms with van der Waals surface area (Å²) in [6.45, 7) is 0.699. The lowest BCUT2D eigenvalue weighted by Gasteiger charge is -2.31. The second-order valence-corrected chi connectivity index (χ2v) is 12.6. The fourth-order valence-electron chi connectivity index (χ4n) is 4.85. The molecule has 222 valence electrons. The molecule has 0 radical (unpaired) electrons. The molecule has 0 aromatic heterocycles. The second-order valence-electron chi connectivity index (χ2n) is 10.0. The molecule has 0 unspecified atom stereocenters. The summed E-state index contributed by atoms with van der Waals surface area (Å²) in [6, 6.07) is 28.2. The third-order valence-corrected chi connectivity index (χ3v) is 9.03. The Hall–Kier alpha value is -2.88. The van der Waals surface area contributed by atoms with E-state index < -0.39 is 11.6 Å². The lowest BCUT2D eigenvalue weighted by Crippen LogP contribution is -2.49. The Morgan fingerprint density at radius 2 is 1.67 bits per heavy atom. The third-order valence-electron chi connectivity index (χ3n) is 7.04. The lowest BCUT2D eigenvalue weighted by molar-refractivity contribution is -0.129. The first-order valence-electron chi connectivity index (χ1n) is 13.6. The number of aliphatic hydroxyl groups is 1. The summed E-state index contributed by atoms with van der Waals surface area (Å²) in [5.41, 5.74) is 1.89. The van der Waals surface area contributed by atoms with Crippen molar-refractivity contribution in [2.45, 2.75) is 31.0 Å². The maximum absolute atomic E-state index is 14.4. The van der Waals surface area contributed by atoms with Crippen LogP contribution in [0.25, 0.3) is 0 Å². The molecular weight excluding hydrogens is 719 g/mol. The lowest BCUT2D eigenvalue weighted by atomic mass is 9.82. The molecule has 0 aliphatic carbocycles. The van der Waals surface area contributed by atoms with Crippen LogP contribution in [-0.2, 0) is 22.5 Å². The minimum atomic E-state index is -1.35. The summed E-state index contributed by atoms with van der Waals surface area (Å²) in [6.07, 6.45) is 0.0860. The van der Waals surface area contributed by atoms with Crippen LogP contribution in [0.4, 0.5) is 0 Å². The number of halogens is 4. The highest BCUT2D eigenvalue weighted by atomic mass is 79.9. The van der Waals surface area contributed by atoms with Gasteiger partial charge in [0.15, 0.2) is 11.6 Å². The number of carbonyl (C=O) groups is 1. The van der Waals surface area contributed by atoms with Crippen molar-refractivity contribution in [3.8, 4) is 5.75 Å². The molecule has 4 aromatic rings. The van der Waals surface area contributed by atoms with Gasteiger partial charge >= 0.3 is 0 Å². The molecule has 4 aromatic carbocycles. The SMILES string of the molecule is O=C(NCc1ccc(Cl)c(Cl)c1)[C@]1(Cc2ccc(Br)cc2)N=C(c2ccc(OCCCO)cc2)O[C@@H]1c1ccccc1Br. The zero-order valence-electron chi connectivity index (χ0n) is 22.9. The first kappa shape index (κ1) is 31.5. The van der Waals surface area contributed by atoms with Gasteiger partial charge in [0.05, 0.1) is 16.7 Å². The molecule has 1 amide bonds. The predicted molar refractivity (Wildman–Crippen MR) is 177 cm³/mol. The number of aliphatic imine (C=N–C) groups is 1. The van der Waals surface area contributed by atoms with E-state index >= 15 is 0 Å². The monoisotopic (exact) mass is 744 g/mol. The molecule has 2 N–H and O–H groups in total. The number of rotatable bonds is 11. The molecule has 0 fully saturated rings. The summed E-state index contributed by atoms with van der Waals surface area (Å²) < 4.78 is 14.0. The van der Waals surface area contributed by atoms with Gasteiger partial charge in [-0.15, -0.1) is 0 Å². The van der Waals surface area contributed by atoms with E-state index in [2.05, 4.69) is 37.2 Å². The number of amides is 1. The highest BCUT2D eigenvalue weighted by Crippen LogP contribution is 2.44. The number of nitrogens with zero attached hydrogens (tertiary/aromatic N) is 1. The average Bonchev–Trinajstić information content (AvgIpc) is 3.39. The molecule has 0 saturated carbocycles. The standard InChI is InChI=1S/C33H28Br2Cl2N2O4/c34-24-11-6-21(7-12-24)19-33(32(41)38-20-22-8-15-28(36)29(37)18-22)30(26-4-1-2-5-27(26)35)43-31(39-33)23-9-13-25(14-10-23)42-17-3-16-40/h1-2,4-15,18,30,40H,3,16-17,19-20H2,(H,38,41)/t30-,33-/m1/s1. The molecule has 5 rings (SSSR count). The highest BCUT2D eigenvalue weighted by molar-refractivity contribution is 9.10. The maximum Gasteiger partial charge on any atom is 0.252 e. The molecule has 1 aliphatic rings. The van der Waals surface area contributed by atoms with Crippen molar-refractivity contribution in [1.82, 2.24) is 5.32 Å². The van der Waals surface area contributed by atoms with Crippen molar-refractivity contribution in [2.24, 2.45) is 4.99 Å². The number of hydrogen-bond acceptors (Lipinski definition) is 5. The Morgan fingerprint density at radius 1 is 0.953 bits per heavy atom. The van der Waals surface area contributed by atoms with E-state index in [-0.39, 0.29) is 25.5 Å². The fraction of sp³-hybridized carbons (Fsp3) is 0.212. The number of aliphatic hydroxyl groups excluding tert-OH is 1. The van der Waals surface area contributed by atoms with E-state index in [0.717, 1.165) is 25.6 Å². The number of nitrogens with one attached hydrogen (secondary N) is 1. The van der Waals surface area contributed by atoms with Crippen molar-refractivity contribution in [3.05, 3.63) is 132 Å². The van der Waals surface area contributed by atoms with Gasteiger partial charge in [-0.1, -0.05) is 91.5 Å². The number of benzene rings is 4. The normalized spacial score (nSPS) is 17.7. The van der Waals surface area contributed by atoms with Crippen LogP contribution < -0.4 is 10.1 Å². The van der Waals surface area contributed by atoms with Crippen LogP contribution >= 0.6 is 55.1 Å². The number of carbonyl (C=O) groups excluding carboxylic acids is 1. The largest absolute Gasteiger partial charge is 0.494 e. The van der Waals surface area contributed by atoms with E-state index in [9.17, 15) is 4.79 Å². The molecule has 10 heteroatoms. The molecular formula is C33H28Br2Cl2N2O4. The average molecular weight is 747 g/mol. The van der Waals surface area contributed by atoms with Gasteiger partial charge in [0, 0.05) is 46.1 Å². The predicted octanol–water partition coefficient (Wildman–Crippen LogP) is 8.10. The van der Waals surface area contributed by atoms with Crippen molar-refractivity contribution in [1.29, 1.82) is 0 Å². The van der Waals surface area contributed by atoms with E-state index in [1.54, 1.807) is 12.1 Å². The zero-order valence-corrected chi connectivity index (χ0v) is 27.6. The van der Waals surface area contributed by atoms with Crippen molar-refractivity contribution in [3.63, 3.8) is 0 Å². The topological polar surface area (TPSA) is 80.2 Å². The van der Waals surface area contributed by atoms with Crippen LogP contribution in [0.1, 0.15) is 34.8 Å². The minimum absolute atomic E-state index is 0.0622. The Balaban J connectivity index is 1.56.